The van der Waals surface area contributed by atoms with E-state index in [4.69, 9.17) is 5.73 Å². The van der Waals surface area contributed by atoms with E-state index in [9.17, 15) is 0 Å². The van der Waals surface area contributed by atoms with E-state index in [0.717, 1.165) is 5.92 Å². The Morgan fingerprint density at radius 3 is 3.00 bits per heavy atom. The Labute approximate surface area is 62.3 Å². The number of hydrogen-bond acceptors (Lipinski definition) is 1. The average Bonchev–Trinajstić information content (AvgIpc) is 2.36. The predicted molar refractivity (Wildman–Crippen MR) is 42.6 cm³/mol. The van der Waals surface area contributed by atoms with Crippen molar-refractivity contribution in [1.82, 2.24) is 0 Å². The lowest BCUT2D eigenvalue weighted by Gasteiger charge is -2.28. The zero-order chi connectivity index (χ0) is 7.19. The third-order valence-electron chi connectivity index (χ3n) is 3.39. The zero-order valence-corrected chi connectivity index (χ0v) is 6.51. The normalized spacial score (nSPS) is 51.8. The first kappa shape index (κ1) is 6.41. The number of hydrogen-bond donors (Lipinski definition) is 1. The Morgan fingerprint density at radius 1 is 1.50 bits per heavy atom. The van der Waals surface area contributed by atoms with Gasteiger partial charge in [0.1, 0.15) is 0 Å². The molecule has 56 valence electrons. The van der Waals surface area contributed by atoms with Gasteiger partial charge in [0.25, 0.3) is 0 Å². The van der Waals surface area contributed by atoms with Gasteiger partial charge in [0.05, 0.1) is 0 Å². The number of nitrogens with two attached hydrogens (primary N) is 1. The molecule has 0 amide bonds. The summed E-state index contributed by atoms with van der Waals surface area (Å²) < 4.78 is 0. The molecule has 0 bridgehead atoms. The van der Waals surface area contributed by atoms with Gasteiger partial charge in [-0.1, -0.05) is 25.5 Å². The summed E-state index contributed by atoms with van der Waals surface area (Å²) >= 11 is 0. The SMILES string of the molecule is CC12CCCC1C=CC2N. The Bertz CT molecular complexity index is 174. The molecule has 0 aromatic heterocycles. The van der Waals surface area contributed by atoms with Gasteiger partial charge in [0.2, 0.25) is 0 Å². The van der Waals surface area contributed by atoms with Gasteiger partial charge in [-0.3, -0.25) is 0 Å². The van der Waals surface area contributed by atoms with Gasteiger partial charge in [0, 0.05) is 6.04 Å². The maximum atomic E-state index is 5.97. The predicted octanol–water partition coefficient (Wildman–Crippen LogP) is 1.69. The highest BCUT2D eigenvalue weighted by atomic mass is 14.7. The zero-order valence-electron chi connectivity index (χ0n) is 6.51. The molecule has 0 spiro atoms. The van der Waals surface area contributed by atoms with Gasteiger partial charge >= 0.3 is 0 Å². The molecule has 2 aliphatic rings. The van der Waals surface area contributed by atoms with Crippen LogP contribution in [0.25, 0.3) is 0 Å². The second-order valence-electron chi connectivity index (χ2n) is 3.92. The van der Waals surface area contributed by atoms with Crippen molar-refractivity contribution in [2.24, 2.45) is 17.1 Å². The van der Waals surface area contributed by atoms with Crippen LogP contribution < -0.4 is 5.73 Å². The highest BCUT2D eigenvalue weighted by molar-refractivity contribution is 5.17. The van der Waals surface area contributed by atoms with E-state index in [0.29, 0.717) is 11.5 Å². The monoisotopic (exact) mass is 137 g/mol. The van der Waals surface area contributed by atoms with Gasteiger partial charge in [-0.15, -0.1) is 0 Å². The van der Waals surface area contributed by atoms with Crippen molar-refractivity contribution in [2.45, 2.75) is 32.2 Å². The van der Waals surface area contributed by atoms with Gasteiger partial charge in [-0.25, -0.2) is 0 Å². The van der Waals surface area contributed by atoms with Crippen molar-refractivity contribution in [3.63, 3.8) is 0 Å². The van der Waals surface area contributed by atoms with Crippen molar-refractivity contribution in [3.8, 4) is 0 Å². The molecule has 0 saturated heterocycles. The lowest BCUT2D eigenvalue weighted by atomic mass is 9.79. The van der Waals surface area contributed by atoms with Crippen LogP contribution in [0.4, 0.5) is 0 Å². The van der Waals surface area contributed by atoms with Crippen LogP contribution in [0, 0.1) is 11.3 Å². The highest BCUT2D eigenvalue weighted by Gasteiger charge is 2.44. The first-order chi connectivity index (χ1) is 4.73. The average molecular weight is 137 g/mol. The molecule has 0 heterocycles. The minimum Gasteiger partial charge on any atom is -0.324 e. The summed E-state index contributed by atoms with van der Waals surface area (Å²) in [5, 5.41) is 0. The van der Waals surface area contributed by atoms with Crippen molar-refractivity contribution >= 4 is 0 Å². The Morgan fingerprint density at radius 2 is 2.30 bits per heavy atom. The molecule has 2 rings (SSSR count). The third-order valence-corrected chi connectivity index (χ3v) is 3.39. The molecule has 0 aromatic rings. The topological polar surface area (TPSA) is 26.0 Å². The highest BCUT2D eigenvalue weighted by Crippen LogP contribution is 2.49. The molecule has 0 aromatic carbocycles. The first-order valence-corrected chi connectivity index (χ1v) is 4.17. The van der Waals surface area contributed by atoms with Gasteiger partial charge in [-0.2, -0.15) is 0 Å². The molecule has 10 heavy (non-hydrogen) atoms. The summed E-state index contributed by atoms with van der Waals surface area (Å²) in [6.45, 7) is 2.33. The lowest BCUT2D eigenvalue weighted by molar-refractivity contribution is 0.263. The third kappa shape index (κ3) is 0.615. The van der Waals surface area contributed by atoms with Crippen molar-refractivity contribution < 1.29 is 0 Å². The molecule has 3 atom stereocenters. The maximum absolute atomic E-state index is 5.97. The Hall–Kier alpha value is -0.300. The van der Waals surface area contributed by atoms with Crippen molar-refractivity contribution in [1.29, 1.82) is 0 Å². The fourth-order valence-corrected chi connectivity index (χ4v) is 2.42. The standard InChI is InChI=1S/C9H15N/c1-9-6-2-3-7(9)4-5-8(9)10/h4-5,7-8H,2-3,6,10H2,1H3. The summed E-state index contributed by atoms with van der Waals surface area (Å²) in [4.78, 5) is 0. The quantitative estimate of drug-likeness (QED) is 0.505. The summed E-state index contributed by atoms with van der Waals surface area (Å²) in [5.41, 5.74) is 6.40. The molecule has 0 aliphatic heterocycles. The number of allylic oxidation sites excluding steroid dienone is 1. The van der Waals surface area contributed by atoms with Gasteiger partial charge in [0.15, 0.2) is 0 Å². The molecular formula is C9H15N. The van der Waals surface area contributed by atoms with E-state index in [2.05, 4.69) is 19.1 Å². The van der Waals surface area contributed by atoms with E-state index in [-0.39, 0.29) is 0 Å². The molecule has 2 aliphatic carbocycles. The number of fused-ring (bicyclic) bond motifs is 1. The van der Waals surface area contributed by atoms with Crippen molar-refractivity contribution in [2.75, 3.05) is 0 Å². The first-order valence-electron chi connectivity index (χ1n) is 4.17. The van der Waals surface area contributed by atoms with Crippen LogP contribution in [0.3, 0.4) is 0 Å². The minimum atomic E-state index is 0.333. The summed E-state index contributed by atoms with van der Waals surface area (Å²) in [5.74, 6) is 0.794. The second-order valence-corrected chi connectivity index (χ2v) is 3.92. The summed E-state index contributed by atoms with van der Waals surface area (Å²) in [7, 11) is 0. The molecule has 1 saturated carbocycles. The maximum Gasteiger partial charge on any atom is 0.0284 e. The van der Waals surface area contributed by atoms with Gasteiger partial charge in [-0.05, 0) is 24.2 Å². The largest absolute Gasteiger partial charge is 0.324 e. The van der Waals surface area contributed by atoms with Crippen LogP contribution in [0.15, 0.2) is 12.2 Å². The van der Waals surface area contributed by atoms with Crippen LogP contribution >= 0.6 is 0 Å². The van der Waals surface area contributed by atoms with Crippen LogP contribution in [0.1, 0.15) is 26.2 Å². The summed E-state index contributed by atoms with van der Waals surface area (Å²) in [6.07, 6.45) is 8.56. The fraction of sp³-hybridized carbons (Fsp3) is 0.778. The second kappa shape index (κ2) is 1.85. The van der Waals surface area contributed by atoms with E-state index >= 15 is 0 Å². The molecule has 2 N–H and O–H groups in total. The smallest absolute Gasteiger partial charge is 0.0284 e. The Balaban J connectivity index is 2.28. The lowest BCUT2D eigenvalue weighted by Crippen LogP contribution is -2.35. The molecule has 3 unspecified atom stereocenters. The fourth-order valence-electron chi connectivity index (χ4n) is 2.42. The molecular weight excluding hydrogens is 122 g/mol. The Kier molecular flexibility index (Phi) is 1.19. The van der Waals surface area contributed by atoms with Crippen LogP contribution in [0.5, 0.6) is 0 Å². The molecule has 1 heteroatoms. The summed E-state index contributed by atoms with van der Waals surface area (Å²) in [6, 6.07) is 0.333. The van der Waals surface area contributed by atoms with Crippen LogP contribution in [-0.2, 0) is 0 Å². The molecule has 0 radical (unpaired) electrons. The van der Waals surface area contributed by atoms with E-state index in [1.165, 1.54) is 19.3 Å². The van der Waals surface area contributed by atoms with Crippen LogP contribution in [-0.4, -0.2) is 6.04 Å². The minimum absolute atomic E-state index is 0.333. The van der Waals surface area contributed by atoms with Gasteiger partial charge < -0.3 is 5.73 Å². The van der Waals surface area contributed by atoms with E-state index in [1.807, 2.05) is 0 Å². The molecule has 1 fully saturated rings. The van der Waals surface area contributed by atoms with Crippen molar-refractivity contribution in [3.05, 3.63) is 12.2 Å². The molecule has 1 nitrogen and oxygen atoms in total. The van der Waals surface area contributed by atoms with Crippen LogP contribution in [0.2, 0.25) is 0 Å². The van der Waals surface area contributed by atoms with E-state index in [1.54, 1.807) is 0 Å². The van der Waals surface area contributed by atoms with E-state index < -0.39 is 0 Å². The number of rotatable bonds is 0.